The van der Waals surface area contributed by atoms with Crippen LogP contribution in [0.1, 0.15) is 58.3 Å². The zero-order valence-electron chi connectivity index (χ0n) is 21.1. The molecule has 3 N–H and O–H groups in total. The zero-order valence-corrected chi connectivity index (χ0v) is 21.1. The van der Waals surface area contributed by atoms with Gasteiger partial charge in [-0.15, -0.1) is 0 Å². The van der Waals surface area contributed by atoms with Gasteiger partial charge in [-0.05, 0) is 70.1 Å². The van der Waals surface area contributed by atoms with Crippen molar-refractivity contribution in [2.45, 2.75) is 76.7 Å². The van der Waals surface area contributed by atoms with Crippen LogP contribution in [0.15, 0.2) is 0 Å². The van der Waals surface area contributed by atoms with E-state index in [9.17, 15) is 9.59 Å². The van der Waals surface area contributed by atoms with E-state index in [0.717, 1.165) is 44.7 Å². The van der Waals surface area contributed by atoms with E-state index in [1.165, 1.54) is 25.7 Å². The van der Waals surface area contributed by atoms with Gasteiger partial charge in [-0.25, -0.2) is 4.79 Å². The lowest BCUT2D eigenvalue weighted by molar-refractivity contribution is -0.138. The summed E-state index contributed by atoms with van der Waals surface area (Å²) in [6.45, 7) is 6.69. The first-order chi connectivity index (χ1) is 16.6. The molecular formula is C25H45N5O4. The molecule has 2 amide bonds. The minimum absolute atomic E-state index is 0.117. The second kappa shape index (κ2) is 12.5. The molecule has 0 unspecified atom stereocenters. The van der Waals surface area contributed by atoms with E-state index in [0.29, 0.717) is 50.8 Å². The van der Waals surface area contributed by atoms with Gasteiger partial charge >= 0.3 is 6.09 Å². The standard InChI is InChI=1S/C25H45N5O4/c1-3-34-25(32)30-14-12-29(13-15-30)23(31)19-4-8-21(9-5-19)28-24-26-16-20(17-27-24)18-6-10-22(33-2)11-7-18/h18-22,24,26-28H,3-17H2,1-2H3. The topological polar surface area (TPSA) is 95.2 Å². The molecule has 0 atom stereocenters. The van der Waals surface area contributed by atoms with Gasteiger partial charge in [0, 0.05) is 58.3 Å². The van der Waals surface area contributed by atoms with Crippen LogP contribution < -0.4 is 16.0 Å². The summed E-state index contributed by atoms with van der Waals surface area (Å²) in [4.78, 5) is 28.5. The van der Waals surface area contributed by atoms with Crippen molar-refractivity contribution in [3.05, 3.63) is 0 Å². The minimum Gasteiger partial charge on any atom is -0.450 e. The maximum Gasteiger partial charge on any atom is 0.409 e. The molecule has 0 bridgehead atoms. The summed E-state index contributed by atoms with van der Waals surface area (Å²) in [5.41, 5.74) is 0. The summed E-state index contributed by atoms with van der Waals surface area (Å²) < 4.78 is 10.6. The van der Waals surface area contributed by atoms with Crippen LogP contribution in [0.4, 0.5) is 4.79 Å². The highest BCUT2D eigenvalue weighted by molar-refractivity contribution is 5.79. The Morgan fingerprint density at radius 2 is 1.47 bits per heavy atom. The van der Waals surface area contributed by atoms with Crippen LogP contribution in [-0.4, -0.2) is 93.2 Å². The number of rotatable bonds is 6. The molecule has 2 aliphatic heterocycles. The van der Waals surface area contributed by atoms with Gasteiger partial charge < -0.3 is 19.3 Å². The van der Waals surface area contributed by atoms with Gasteiger partial charge in [-0.1, -0.05) is 0 Å². The van der Waals surface area contributed by atoms with Gasteiger partial charge in [-0.3, -0.25) is 20.7 Å². The first-order valence-corrected chi connectivity index (χ1v) is 13.5. The highest BCUT2D eigenvalue weighted by atomic mass is 16.6. The molecule has 0 aromatic heterocycles. The summed E-state index contributed by atoms with van der Waals surface area (Å²) in [5, 5.41) is 11.1. The first kappa shape index (κ1) is 25.7. The van der Waals surface area contributed by atoms with E-state index in [4.69, 9.17) is 9.47 Å². The number of hydrogen-bond donors (Lipinski definition) is 3. The zero-order chi connectivity index (χ0) is 23.9. The van der Waals surface area contributed by atoms with Gasteiger partial charge in [0.15, 0.2) is 0 Å². The number of methoxy groups -OCH3 is 1. The van der Waals surface area contributed by atoms with Crippen LogP contribution >= 0.6 is 0 Å². The average molecular weight is 480 g/mol. The normalized spacial score (nSPS) is 35.1. The monoisotopic (exact) mass is 479 g/mol. The number of ether oxygens (including phenoxy) is 2. The second-order valence-electron chi connectivity index (χ2n) is 10.5. The first-order valence-electron chi connectivity index (χ1n) is 13.5. The predicted molar refractivity (Wildman–Crippen MR) is 130 cm³/mol. The molecule has 0 radical (unpaired) electrons. The molecule has 4 rings (SSSR count). The van der Waals surface area contributed by atoms with Crippen LogP contribution in [0.2, 0.25) is 0 Å². The lowest BCUT2D eigenvalue weighted by Crippen LogP contribution is -2.63. The fourth-order valence-corrected chi connectivity index (χ4v) is 6.25. The van der Waals surface area contributed by atoms with E-state index in [-0.39, 0.29) is 24.2 Å². The van der Waals surface area contributed by atoms with Gasteiger partial charge in [0.05, 0.1) is 12.7 Å². The van der Waals surface area contributed by atoms with Crippen molar-refractivity contribution in [3.8, 4) is 0 Å². The number of carbonyl (C=O) groups excluding carboxylic acids is 2. The molecule has 194 valence electrons. The van der Waals surface area contributed by atoms with Gasteiger partial charge in [0.1, 0.15) is 6.29 Å². The van der Waals surface area contributed by atoms with E-state index in [2.05, 4.69) is 16.0 Å². The molecule has 2 saturated carbocycles. The van der Waals surface area contributed by atoms with Crippen molar-refractivity contribution < 1.29 is 19.1 Å². The molecule has 34 heavy (non-hydrogen) atoms. The third-order valence-electron chi connectivity index (χ3n) is 8.48. The molecule has 2 aliphatic carbocycles. The molecule has 4 aliphatic rings. The van der Waals surface area contributed by atoms with Gasteiger partial charge in [0.2, 0.25) is 5.91 Å². The molecule has 0 aromatic carbocycles. The van der Waals surface area contributed by atoms with E-state index in [1.54, 1.807) is 4.90 Å². The predicted octanol–water partition coefficient (Wildman–Crippen LogP) is 1.73. The highest BCUT2D eigenvalue weighted by Gasteiger charge is 2.34. The number of nitrogens with one attached hydrogen (secondary N) is 3. The summed E-state index contributed by atoms with van der Waals surface area (Å²) in [6, 6.07) is 0.448. The summed E-state index contributed by atoms with van der Waals surface area (Å²) in [7, 11) is 1.84. The second-order valence-corrected chi connectivity index (χ2v) is 10.5. The van der Waals surface area contributed by atoms with Crippen molar-refractivity contribution in [3.63, 3.8) is 0 Å². The van der Waals surface area contributed by atoms with Crippen molar-refractivity contribution in [1.29, 1.82) is 0 Å². The summed E-state index contributed by atoms with van der Waals surface area (Å²) in [6.07, 6.45) is 9.25. The third kappa shape index (κ3) is 6.62. The average Bonchev–Trinajstić information content (AvgIpc) is 2.89. The molecule has 4 fully saturated rings. The third-order valence-corrected chi connectivity index (χ3v) is 8.48. The van der Waals surface area contributed by atoms with Crippen LogP contribution in [0.25, 0.3) is 0 Å². The maximum atomic E-state index is 13.0. The molecule has 2 saturated heterocycles. The Balaban J connectivity index is 1.11. The summed E-state index contributed by atoms with van der Waals surface area (Å²) in [5.74, 6) is 1.88. The van der Waals surface area contributed by atoms with Crippen LogP contribution in [0, 0.1) is 17.8 Å². The van der Waals surface area contributed by atoms with Crippen LogP contribution in [0.3, 0.4) is 0 Å². The number of hydrogen-bond acceptors (Lipinski definition) is 7. The molecule has 2 heterocycles. The van der Waals surface area contributed by atoms with E-state index < -0.39 is 0 Å². The van der Waals surface area contributed by atoms with Crippen LogP contribution in [-0.2, 0) is 14.3 Å². The maximum absolute atomic E-state index is 13.0. The van der Waals surface area contributed by atoms with Crippen molar-refractivity contribution in [2.75, 3.05) is 53.0 Å². The SMILES string of the molecule is CCOC(=O)N1CCN(C(=O)C2CCC(NC3NCC(C4CCC(OC)CC4)CN3)CC2)CC1. The van der Waals surface area contributed by atoms with Crippen molar-refractivity contribution in [1.82, 2.24) is 25.8 Å². The lowest BCUT2D eigenvalue weighted by atomic mass is 9.78. The van der Waals surface area contributed by atoms with Crippen molar-refractivity contribution in [2.24, 2.45) is 17.8 Å². The Hall–Kier alpha value is -1.42. The Labute approximate surface area is 204 Å². The summed E-state index contributed by atoms with van der Waals surface area (Å²) >= 11 is 0. The van der Waals surface area contributed by atoms with E-state index >= 15 is 0 Å². The van der Waals surface area contributed by atoms with Crippen LogP contribution in [0.5, 0.6) is 0 Å². The van der Waals surface area contributed by atoms with E-state index in [1.807, 2.05) is 18.9 Å². The fourth-order valence-electron chi connectivity index (χ4n) is 6.25. The fraction of sp³-hybridized carbons (Fsp3) is 0.920. The highest BCUT2D eigenvalue weighted by Crippen LogP contribution is 2.32. The molecule has 9 nitrogen and oxygen atoms in total. The Morgan fingerprint density at radius 3 is 2.06 bits per heavy atom. The lowest BCUT2D eigenvalue weighted by Gasteiger charge is -2.41. The molecule has 9 heteroatoms. The van der Waals surface area contributed by atoms with Crippen molar-refractivity contribution >= 4 is 12.0 Å². The number of amides is 2. The molecule has 0 spiro atoms. The number of carbonyl (C=O) groups is 2. The Morgan fingerprint density at radius 1 is 0.853 bits per heavy atom. The molecule has 0 aromatic rings. The Kier molecular flexibility index (Phi) is 9.45. The van der Waals surface area contributed by atoms with Gasteiger partial charge in [-0.2, -0.15) is 0 Å². The molecular weight excluding hydrogens is 434 g/mol. The number of nitrogens with zero attached hydrogens (tertiary/aromatic N) is 2. The Bertz CT molecular complexity index is 648. The number of piperazine rings is 1. The quantitative estimate of drug-likeness (QED) is 0.534. The smallest absolute Gasteiger partial charge is 0.409 e. The largest absolute Gasteiger partial charge is 0.450 e. The minimum atomic E-state index is -0.268. The van der Waals surface area contributed by atoms with Gasteiger partial charge in [0.25, 0.3) is 0 Å².